The van der Waals surface area contributed by atoms with E-state index in [0.717, 1.165) is 5.56 Å². The van der Waals surface area contributed by atoms with E-state index in [9.17, 15) is 9.59 Å². The molecule has 1 aliphatic heterocycles. The summed E-state index contributed by atoms with van der Waals surface area (Å²) < 4.78 is 5.51. The number of carbonyl (C=O) groups excluding carboxylic acids is 2. The molecular weight excluding hydrogens is 244 g/mol. The van der Waals surface area contributed by atoms with Crippen LogP contribution in [0.2, 0.25) is 0 Å². The molecule has 1 aromatic rings. The molecule has 1 saturated heterocycles. The Kier molecular flexibility index (Phi) is 4.04. The van der Waals surface area contributed by atoms with Gasteiger partial charge in [-0.25, -0.2) is 0 Å². The summed E-state index contributed by atoms with van der Waals surface area (Å²) in [4.78, 5) is 25.1. The highest BCUT2D eigenvalue weighted by Crippen LogP contribution is 2.16. The molecule has 1 N–H and O–H groups in total. The first-order valence-electron chi connectivity index (χ1n) is 6.35. The van der Waals surface area contributed by atoms with Crippen LogP contribution in [-0.4, -0.2) is 42.5 Å². The fourth-order valence-electron chi connectivity index (χ4n) is 2.06. The van der Waals surface area contributed by atoms with E-state index >= 15 is 0 Å². The highest BCUT2D eigenvalue weighted by Gasteiger charge is 2.29. The van der Waals surface area contributed by atoms with E-state index in [1.54, 1.807) is 11.8 Å². The van der Waals surface area contributed by atoms with Crippen molar-refractivity contribution in [2.24, 2.45) is 0 Å². The lowest BCUT2D eigenvalue weighted by molar-refractivity contribution is -0.143. The summed E-state index contributed by atoms with van der Waals surface area (Å²) in [6.07, 6.45) is 0. The maximum Gasteiger partial charge on any atom is 0.261 e. The van der Waals surface area contributed by atoms with Gasteiger partial charge in [-0.3, -0.25) is 9.59 Å². The van der Waals surface area contributed by atoms with Gasteiger partial charge in [-0.2, -0.15) is 0 Å². The highest BCUT2D eigenvalue weighted by atomic mass is 16.5. The number of hydrogen-bond donors (Lipinski definition) is 1. The van der Waals surface area contributed by atoms with E-state index in [2.05, 4.69) is 5.32 Å². The van der Waals surface area contributed by atoms with Gasteiger partial charge in [0.1, 0.15) is 11.8 Å². The van der Waals surface area contributed by atoms with Crippen molar-refractivity contribution in [1.29, 1.82) is 0 Å². The van der Waals surface area contributed by atoms with Crippen LogP contribution >= 0.6 is 0 Å². The maximum absolute atomic E-state index is 12.1. The van der Waals surface area contributed by atoms with Crippen LogP contribution in [0.25, 0.3) is 0 Å². The summed E-state index contributed by atoms with van der Waals surface area (Å²) in [6.45, 7) is 4.64. The summed E-state index contributed by atoms with van der Waals surface area (Å²) in [5, 5.41) is 2.73. The zero-order chi connectivity index (χ0) is 13.8. The van der Waals surface area contributed by atoms with Gasteiger partial charge in [0.25, 0.3) is 5.91 Å². The second-order valence-electron chi connectivity index (χ2n) is 4.61. The van der Waals surface area contributed by atoms with Crippen LogP contribution in [0, 0.1) is 6.92 Å². The number of hydrogen-bond acceptors (Lipinski definition) is 3. The number of aryl methyl sites for hydroxylation is 1. The molecule has 19 heavy (non-hydrogen) atoms. The van der Waals surface area contributed by atoms with E-state index in [1.807, 2.05) is 31.2 Å². The first-order valence-corrected chi connectivity index (χ1v) is 6.35. The summed E-state index contributed by atoms with van der Waals surface area (Å²) in [5.74, 6) is 0.422. The second kappa shape index (κ2) is 5.73. The Morgan fingerprint density at radius 2 is 2.21 bits per heavy atom. The summed E-state index contributed by atoms with van der Waals surface area (Å²) in [6, 6.07) is 7.11. The van der Waals surface area contributed by atoms with Crippen LogP contribution in [0.15, 0.2) is 24.3 Å². The van der Waals surface area contributed by atoms with Gasteiger partial charge in [0, 0.05) is 13.1 Å². The number of nitrogens with zero attached hydrogens (tertiary/aromatic N) is 1. The van der Waals surface area contributed by atoms with E-state index in [-0.39, 0.29) is 18.4 Å². The minimum absolute atomic E-state index is 0.0392. The maximum atomic E-state index is 12.1. The third-order valence-corrected chi connectivity index (χ3v) is 3.26. The van der Waals surface area contributed by atoms with Gasteiger partial charge in [0.15, 0.2) is 6.61 Å². The number of amides is 2. The number of benzene rings is 1. The molecule has 1 aliphatic rings. The van der Waals surface area contributed by atoms with Crippen LogP contribution in [0.1, 0.15) is 12.5 Å². The predicted molar refractivity (Wildman–Crippen MR) is 70.9 cm³/mol. The number of para-hydroxylation sites is 1. The summed E-state index contributed by atoms with van der Waals surface area (Å²) in [7, 11) is 0. The van der Waals surface area contributed by atoms with Gasteiger partial charge in [-0.05, 0) is 25.5 Å². The average molecular weight is 262 g/mol. The second-order valence-corrected chi connectivity index (χ2v) is 4.61. The molecule has 1 unspecified atom stereocenters. The molecule has 0 saturated carbocycles. The topological polar surface area (TPSA) is 58.6 Å². The molecule has 0 spiro atoms. The van der Waals surface area contributed by atoms with E-state index < -0.39 is 6.04 Å². The Morgan fingerprint density at radius 1 is 1.47 bits per heavy atom. The lowest BCUT2D eigenvalue weighted by atomic mass is 10.2. The van der Waals surface area contributed by atoms with Crippen molar-refractivity contribution in [3.8, 4) is 5.75 Å². The minimum Gasteiger partial charge on any atom is -0.484 e. The molecular formula is C14H18N2O3. The number of ether oxygens (including phenoxy) is 1. The molecule has 1 heterocycles. The molecule has 5 heteroatoms. The van der Waals surface area contributed by atoms with Gasteiger partial charge >= 0.3 is 0 Å². The van der Waals surface area contributed by atoms with Crippen molar-refractivity contribution in [3.63, 3.8) is 0 Å². The standard InChI is InChI=1S/C14H18N2O3/c1-10-5-3-4-6-12(10)19-9-13(17)16-8-7-15-14(18)11(16)2/h3-6,11H,7-9H2,1-2H3,(H,15,18). The van der Waals surface area contributed by atoms with Crippen LogP contribution < -0.4 is 10.1 Å². The van der Waals surface area contributed by atoms with Crippen molar-refractivity contribution in [2.75, 3.05) is 19.7 Å². The number of piperazine rings is 1. The number of nitrogens with one attached hydrogen (secondary N) is 1. The predicted octanol–water partition coefficient (Wildman–Crippen LogP) is 0.721. The molecule has 1 atom stereocenters. The van der Waals surface area contributed by atoms with Crippen molar-refractivity contribution in [2.45, 2.75) is 19.9 Å². The molecule has 0 aromatic heterocycles. The largest absolute Gasteiger partial charge is 0.484 e. The van der Waals surface area contributed by atoms with Gasteiger partial charge < -0.3 is 15.0 Å². The zero-order valence-electron chi connectivity index (χ0n) is 11.2. The summed E-state index contributed by atoms with van der Waals surface area (Å²) in [5.41, 5.74) is 0.986. The first kappa shape index (κ1) is 13.4. The third-order valence-electron chi connectivity index (χ3n) is 3.26. The SMILES string of the molecule is Cc1ccccc1OCC(=O)N1CCNC(=O)C1C. The van der Waals surface area contributed by atoms with Crippen LogP contribution in [0.3, 0.4) is 0 Å². The molecule has 5 nitrogen and oxygen atoms in total. The van der Waals surface area contributed by atoms with Crippen molar-refractivity contribution < 1.29 is 14.3 Å². The normalized spacial score (nSPS) is 18.9. The molecule has 1 fully saturated rings. The molecule has 0 bridgehead atoms. The molecule has 1 aromatic carbocycles. The molecule has 2 rings (SSSR count). The van der Waals surface area contributed by atoms with Gasteiger partial charge in [0.05, 0.1) is 0 Å². The Balaban J connectivity index is 1.94. The molecule has 2 amide bonds. The quantitative estimate of drug-likeness (QED) is 0.873. The van der Waals surface area contributed by atoms with E-state index in [1.165, 1.54) is 0 Å². The molecule has 0 aliphatic carbocycles. The molecule has 102 valence electrons. The number of carbonyl (C=O) groups is 2. The van der Waals surface area contributed by atoms with Crippen LogP contribution in [0.4, 0.5) is 0 Å². The Bertz CT molecular complexity index is 487. The monoisotopic (exact) mass is 262 g/mol. The van der Waals surface area contributed by atoms with Crippen molar-refractivity contribution in [1.82, 2.24) is 10.2 Å². The van der Waals surface area contributed by atoms with Crippen molar-refractivity contribution >= 4 is 11.8 Å². The van der Waals surface area contributed by atoms with Gasteiger partial charge in [-0.15, -0.1) is 0 Å². The van der Waals surface area contributed by atoms with Crippen LogP contribution in [0.5, 0.6) is 5.75 Å². The van der Waals surface area contributed by atoms with Gasteiger partial charge in [0.2, 0.25) is 5.91 Å². The Hall–Kier alpha value is -2.04. The summed E-state index contributed by atoms with van der Waals surface area (Å²) >= 11 is 0. The number of rotatable bonds is 3. The third kappa shape index (κ3) is 3.05. The fraction of sp³-hybridized carbons (Fsp3) is 0.429. The minimum atomic E-state index is -0.429. The van der Waals surface area contributed by atoms with E-state index in [4.69, 9.17) is 4.74 Å². The fourth-order valence-corrected chi connectivity index (χ4v) is 2.06. The zero-order valence-corrected chi connectivity index (χ0v) is 11.2. The Morgan fingerprint density at radius 3 is 2.95 bits per heavy atom. The molecule has 0 radical (unpaired) electrons. The van der Waals surface area contributed by atoms with Gasteiger partial charge in [-0.1, -0.05) is 18.2 Å². The smallest absolute Gasteiger partial charge is 0.261 e. The Labute approximate surface area is 112 Å². The van der Waals surface area contributed by atoms with E-state index in [0.29, 0.717) is 18.8 Å². The van der Waals surface area contributed by atoms with Crippen LogP contribution in [-0.2, 0) is 9.59 Å². The lowest BCUT2D eigenvalue weighted by Gasteiger charge is -2.32. The first-order chi connectivity index (χ1) is 9.09. The average Bonchev–Trinajstić information content (AvgIpc) is 2.40. The van der Waals surface area contributed by atoms with Crippen molar-refractivity contribution in [3.05, 3.63) is 29.8 Å². The lowest BCUT2D eigenvalue weighted by Crippen LogP contribution is -2.56. The highest BCUT2D eigenvalue weighted by molar-refractivity contribution is 5.89.